The fourth-order valence-corrected chi connectivity index (χ4v) is 1.95. The van der Waals surface area contributed by atoms with Crippen LogP contribution < -0.4 is 5.32 Å². The lowest BCUT2D eigenvalue weighted by atomic mass is 10.1. The van der Waals surface area contributed by atoms with E-state index >= 15 is 0 Å². The molecule has 0 saturated heterocycles. The summed E-state index contributed by atoms with van der Waals surface area (Å²) in [5.74, 6) is 0. The number of aromatic nitrogens is 1. The Kier molecular flexibility index (Phi) is 3.76. The van der Waals surface area contributed by atoms with Crippen LogP contribution in [0.25, 0.3) is 10.8 Å². The average molecular weight is 226 g/mol. The maximum absolute atomic E-state index is 4.14. The molecule has 1 N–H and O–H groups in total. The minimum absolute atomic E-state index is 0.451. The first-order chi connectivity index (χ1) is 8.31. The van der Waals surface area contributed by atoms with E-state index in [-0.39, 0.29) is 0 Å². The Labute approximate surface area is 102 Å². The fraction of sp³-hybridized carbons (Fsp3) is 0.267. The zero-order valence-electron chi connectivity index (χ0n) is 10.2. The number of nitrogens with one attached hydrogen (secondary N) is 1. The van der Waals surface area contributed by atoms with E-state index in [2.05, 4.69) is 48.1 Å². The minimum atomic E-state index is 0.451. The quantitative estimate of drug-likeness (QED) is 0.779. The Morgan fingerprint density at radius 3 is 3.12 bits per heavy atom. The van der Waals surface area contributed by atoms with Crippen LogP contribution in [0, 0.1) is 0 Å². The third-order valence-corrected chi connectivity index (χ3v) is 2.89. The molecule has 0 saturated carbocycles. The van der Waals surface area contributed by atoms with Gasteiger partial charge in [0.25, 0.3) is 0 Å². The van der Waals surface area contributed by atoms with Crippen LogP contribution in [0.3, 0.4) is 0 Å². The van der Waals surface area contributed by atoms with Crippen molar-refractivity contribution in [3.8, 4) is 0 Å². The molecule has 0 aliphatic heterocycles. The SMILES string of the molecule is C=CCCC(C)Nc1cccc2cnccc12. The summed E-state index contributed by atoms with van der Waals surface area (Å²) in [5, 5.41) is 5.95. The molecule has 0 bridgehead atoms. The molecule has 1 heterocycles. The van der Waals surface area contributed by atoms with Crippen LogP contribution in [0.1, 0.15) is 19.8 Å². The molecule has 1 aromatic heterocycles. The zero-order chi connectivity index (χ0) is 12.1. The molecule has 0 fully saturated rings. The highest BCUT2D eigenvalue weighted by molar-refractivity contribution is 5.93. The summed E-state index contributed by atoms with van der Waals surface area (Å²) in [6.45, 7) is 5.95. The molecule has 1 unspecified atom stereocenters. The molecule has 0 aliphatic rings. The third kappa shape index (κ3) is 2.84. The molecular weight excluding hydrogens is 208 g/mol. The first-order valence-electron chi connectivity index (χ1n) is 6.01. The van der Waals surface area contributed by atoms with Crippen molar-refractivity contribution in [3.63, 3.8) is 0 Å². The summed E-state index contributed by atoms with van der Waals surface area (Å²) in [6.07, 6.45) is 7.84. The molecule has 0 spiro atoms. The van der Waals surface area contributed by atoms with Gasteiger partial charge >= 0.3 is 0 Å². The first-order valence-corrected chi connectivity index (χ1v) is 6.01. The van der Waals surface area contributed by atoms with Crippen molar-refractivity contribution in [3.05, 3.63) is 49.3 Å². The van der Waals surface area contributed by atoms with E-state index in [4.69, 9.17) is 0 Å². The molecule has 2 aromatic rings. The Bertz CT molecular complexity index is 500. The Morgan fingerprint density at radius 1 is 1.41 bits per heavy atom. The Balaban J connectivity index is 2.20. The second-order valence-corrected chi connectivity index (χ2v) is 4.31. The summed E-state index contributed by atoms with van der Waals surface area (Å²) >= 11 is 0. The maximum atomic E-state index is 4.14. The van der Waals surface area contributed by atoms with Gasteiger partial charge in [0, 0.05) is 34.9 Å². The molecule has 0 aliphatic carbocycles. The van der Waals surface area contributed by atoms with E-state index in [9.17, 15) is 0 Å². The lowest BCUT2D eigenvalue weighted by Gasteiger charge is -2.16. The van der Waals surface area contributed by atoms with Gasteiger partial charge in [0.1, 0.15) is 0 Å². The zero-order valence-corrected chi connectivity index (χ0v) is 10.2. The summed E-state index contributed by atoms with van der Waals surface area (Å²) in [7, 11) is 0. The Morgan fingerprint density at radius 2 is 2.29 bits per heavy atom. The van der Waals surface area contributed by atoms with Gasteiger partial charge in [0.2, 0.25) is 0 Å². The van der Waals surface area contributed by atoms with Gasteiger partial charge in [-0.1, -0.05) is 18.2 Å². The number of hydrogen-bond donors (Lipinski definition) is 1. The van der Waals surface area contributed by atoms with E-state index in [0.29, 0.717) is 6.04 Å². The average Bonchev–Trinajstić information content (AvgIpc) is 2.37. The normalized spacial score (nSPS) is 12.3. The van der Waals surface area contributed by atoms with Crippen LogP contribution in [0.5, 0.6) is 0 Å². The third-order valence-electron chi connectivity index (χ3n) is 2.89. The number of nitrogens with zero attached hydrogens (tertiary/aromatic N) is 1. The lowest BCUT2D eigenvalue weighted by molar-refractivity contribution is 0.720. The standard InChI is InChI=1S/C15H18N2/c1-3-4-6-12(2)17-15-8-5-7-13-11-16-10-9-14(13)15/h3,5,7-12,17H,1,4,6H2,2H3. The van der Waals surface area contributed by atoms with Crippen LogP contribution in [-0.4, -0.2) is 11.0 Å². The van der Waals surface area contributed by atoms with Crippen LogP contribution in [0.15, 0.2) is 49.3 Å². The smallest absolute Gasteiger partial charge is 0.0423 e. The van der Waals surface area contributed by atoms with Gasteiger partial charge in [-0.05, 0) is 31.9 Å². The Hall–Kier alpha value is -1.83. The monoisotopic (exact) mass is 226 g/mol. The second kappa shape index (κ2) is 5.48. The van der Waals surface area contributed by atoms with Gasteiger partial charge < -0.3 is 5.32 Å². The van der Waals surface area contributed by atoms with Crippen molar-refractivity contribution in [2.45, 2.75) is 25.8 Å². The largest absolute Gasteiger partial charge is 0.382 e. The van der Waals surface area contributed by atoms with Gasteiger partial charge in [-0.25, -0.2) is 0 Å². The van der Waals surface area contributed by atoms with Crippen LogP contribution in [0.2, 0.25) is 0 Å². The van der Waals surface area contributed by atoms with Gasteiger partial charge in [0.15, 0.2) is 0 Å². The van der Waals surface area contributed by atoms with E-state index in [1.165, 1.54) is 16.5 Å². The van der Waals surface area contributed by atoms with Crippen molar-refractivity contribution < 1.29 is 0 Å². The van der Waals surface area contributed by atoms with Crippen molar-refractivity contribution in [1.82, 2.24) is 4.98 Å². The van der Waals surface area contributed by atoms with Crippen molar-refractivity contribution in [1.29, 1.82) is 0 Å². The van der Waals surface area contributed by atoms with E-state index in [1.54, 1.807) is 0 Å². The second-order valence-electron chi connectivity index (χ2n) is 4.31. The number of benzene rings is 1. The number of anilines is 1. The summed E-state index contributed by atoms with van der Waals surface area (Å²) in [5.41, 5.74) is 1.18. The molecular formula is C15H18N2. The van der Waals surface area contributed by atoms with Crippen molar-refractivity contribution in [2.24, 2.45) is 0 Å². The minimum Gasteiger partial charge on any atom is -0.382 e. The first kappa shape index (κ1) is 11.6. The highest BCUT2D eigenvalue weighted by Gasteiger charge is 2.04. The number of hydrogen-bond acceptors (Lipinski definition) is 2. The predicted molar refractivity (Wildman–Crippen MR) is 74.3 cm³/mol. The number of pyridine rings is 1. The summed E-state index contributed by atoms with van der Waals surface area (Å²) < 4.78 is 0. The van der Waals surface area contributed by atoms with Gasteiger partial charge in [-0.15, -0.1) is 6.58 Å². The van der Waals surface area contributed by atoms with Crippen molar-refractivity contribution >= 4 is 16.5 Å². The fourth-order valence-electron chi connectivity index (χ4n) is 1.95. The predicted octanol–water partition coefficient (Wildman–Crippen LogP) is 4.00. The highest BCUT2D eigenvalue weighted by Crippen LogP contribution is 2.23. The number of rotatable bonds is 5. The number of fused-ring (bicyclic) bond motifs is 1. The molecule has 17 heavy (non-hydrogen) atoms. The van der Waals surface area contributed by atoms with E-state index in [0.717, 1.165) is 12.8 Å². The molecule has 1 aromatic carbocycles. The molecule has 2 heteroatoms. The van der Waals surface area contributed by atoms with Gasteiger partial charge in [0.05, 0.1) is 0 Å². The van der Waals surface area contributed by atoms with Gasteiger partial charge in [-0.2, -0.15) is 0 Å². The number of allylic oxidation sites excluding steroid dienone is 1. The van der Waals surface area contributed by atoms with Crippen molar-refractivity contribution in [2.75, 3.05) is 5.32 Å². The van der Waals surface area contributed by atoms with Crippen LogP contribution in [-0.2, 0) is 0 Å². The maximum Gasteiger partial charge on any atom is 0.0423 e. The molecule has 1 atom stereocenters. The van der Waals surface area contributed by atoms with Gasteiger partial charge in [-0.3, -0.25) is 4.98 Å². The summed E-state index contributed by atoms with van der Waals surface area (Å²) in [6, 6.07) is 8.77. The van der Waals surface area contributed by atoms with E-state index < -0.39 is 0 Å². The lowest BCUT2D eigenvalue weighted by Crippen LogP contribution is -2.14. The van der Waals surface area contributed by atoms with E-state index in [1.807, 2.05) is 18.5 Å². The van der Waals surface area contributed by atoms with Crippen LogP contribution >= 0.6 is 0 Å². The highest BCUT2D eigenvalue weighted by atomic mass is 14.9. The molecule has 88 valence electrons. The molecule has 0 radical (unpaired) electrons. The molecule has 2 rings (SSSR count). The molecule has 0 amide bonds. The summed E-state index contributed by atoms with van der Waals surface area (Å²) in [4.78, 5) is 4.14. The van der Waals surface area contributed by atoms with Crippen LogP contribution in [0.4, 0.5) is 5.69 Å². The molecule has 2 nitrogen and oxygen atoms in total. The topological polar surface area (TPSA) is 24.9 Å².